The molecule has 0 radical (unpaired) electrons. The molecular formula is C16H16FN3O3S. The Morgan fingerprint density at radius 2 is 1.96 bits per heavy atom. The predicted octanol–water partition coefficient (Wildman–Crippen LogP) is 2.09. The van der Waals surface area contributed by atoms with Crippen molar-refractivity contribution in [1.82, 2.24) is 15.1 Å². The fraction of sp³-hybridized carbons (Fsp3) is 0.312. The zero-order valence-corrected chi connectivity index (χ0v) is 13.6. The molecule has 1 fully saturated rings. The summed E-state index contributed by atoms with van der Waals surface area (Å²) in [5.74, 6) is -0.713. The van der Waals surface area contributed by atoms with Crippen molar-refractivity contribution in [1.29, 1.82) is 0 Å². The molecule has 1 saturated heterocycles. The average Bonchev–Trinajstić information content (AvgIpc) is 3.06. The van der Waals surface area contributed by atoms with Crippen LogP contribution >= 0.6 is 11.8 Å². The molecule has 1 aromatic carbocycles. The molecule has 1 aliphatic rings. The van der Waals surface area contributed by atoms with E-state index in [2.05, 4.69) is 10.4 Å². The SMILES string of the molecule is O=C(NC1(C(=O)O)CCSCC1)c1ccn(-c2ccccc2F)n1. The van der Waals surface area contributed by atoms with Crippen molar-refractivity contribution < 1.29 is 19.1 Å². The highest BCUT2D eigenvalue weighted by Gasteiger charge is 2.41. The van der Waals surface area contributed by atoms with E-state index in [-0.39, 0.29) is 11.4 Å². The number of carbonyl (C=O) groups is 2. The van der Waals surface area contributed by atoms with E-state index >= 15 is 0 Å². The predicted molar refractivity (Wildman–Crippen MR) is 87.9 cm³/mol. The van der Waals surface area contributed by atoms with Crippen LogP contribution in [0.3, 0.4) is 0 Å². The highest BCUT2D eigenvalue weighted by Crippen LogP contribution is 2.27. The molecular weight excluding hydrogens is 333 g/mol. The number of para-hydroxylation sites is 1. The zero-order chi connectivity index (χ0) is 17.2. The number of hydrogen-bond donors (Lipinski definition) is 2. The molecule has 2 N–H and O–H groups in total. The number of nitrogens with zero attached hydrogens (tertiary/aromatic N) is 2. The number of carbonyl (C=O) groups excluding carboxylic acids is 1. The molecule has 1 amide bonds. The summed E-state index contributed by atoms with van der Waals surface area (Å²) in [6.45, 7) is 0. The molecule has 0 atom stereocenters. The van der Waals surface area contributed by atoms with Gasteiger partial charge in [-0.1, -0.05) is 12.1 Å². The quantitative estimate of drug-likeness (QED) is 0.883. The Bertz CT molecular complexity index is 771. The lowest BCUT2D eigenvalue weighted by Crippen LogP contribution is -2.56. The minimum atomic E-state index is -1.26. The topological polar surface area (TPSA) is 84.2 Å². The number of thioether (sulfide) groups is 1. The van der Waals surface area contributed by atoms with Gasteiger partial charge >= 0.3 is 5.97 Å². The lowest BCUT2D eigenvalue weighted by Gasteiger charge is -2.33. The van der Waals surface area contributed by atoms with Gasteiger partial charge in [-0.3, -0.25) is 4.79 Å². The molecule has 1 aromatic heterocycles. The normalized spacial score (nSPS) is 16.5. The van der Waals surface area contributed by atoms with Gasteiger partial charge in [0.25, 0.3) is 5.91 Å². The van der Waals surface area contributed by atoms with Crippen molar-refractivity contribution in [2.24, 2.45) is 0 Å². The molecule has 0 unspecified atom stereocenters. The lowest BCUT2D eigenvalue weighted by molar-refractivity contribution is -0.144. The molecule has 3 rings (SSSR count). The van der Waals surface area contributed by atoms with E-state index in [1.54, 1.807) is 30.0 Å². The second-order valence-corrected chi connectivity index (χ2v) is 6.78. The number of rotatable bonds is 4. The maximum atomic E-state index is 13.8. The van der Waals surface area contributed by atoms with Crippen LogP contribution in [-0.2, 0) is 4.79 Å². The van der Waals surface area contributed by atoms with Crippen LogP contribution in [0.2, 0.25) is 0 Å². The van der Waals surface area contributed by atoms with Crippen molar-refractivity contribution in [3.05, 3.63) is 48.0 Å². The smallest absolute Gasteiger partial charge is 0.329 e. The van der Waals surface area contributed by atoms with Crippen LogP contribution < -0.4 is 5.32 Å². The van der Waals surface area contributed by atoms with E-state index in [1.165, 1.54) is 23.0 Å². The highest BCUT2D eigenvalue weighted by atomic mass is 32.2. The van der Waals surface area contributed by atoms with Crippen LogP contribution in [0.1, 0.15) is 23.3 Å². The summed E-state index contributed by atoms with van der Waals surface area (Å²) in [7, 11) is 0. The first-order valence-corrected chi connectivity index (χ1v) is 8.61. The van der Waals surface area contributed by atoms with Gasteiger partial charge in [-0.15, -0.1) is 0 Å². The van der Waals surface area contributed by atoms with Crippen LogP contribution in [0.25, 0.3) is 5.69 Å². The van der Waals surface area contributed by atoms with Crippen molar-refractivity contribution in [3.63, 3.8) is 0 Å². The van der Waals surface area contributed by atoms with Gasteiger partial charge in [0.05, 0.1) is 0 Å². The number of aliphatic carboxylic acids is 1. The molecule has 0 saturated carbocycles. The monoisotopic (exact) mass is 349 g/mol. The first-order chi connectivity index (χ1) is 11.5. The molecule has 0 aliphatic carbocycles. The van der Waals surface area contributed by atoms with E-state index in [9.17, 15) is 19.1 Å². The maximum Gasteiger partial charge on any atom is 0.329 e. The van der Waals surface area contributed by atoms with Crippen LogP contribution in [0.4, 0.5) is 4.39 Å². The third kappa shape index (κ3) is 3.14. The second kappa shape index (κ2) is 6.64. The first-order valence-electron chi connectivity index (χ1n) is 7.46. The second-order valence-electron chi connectivity index (χ2n) is 5.55. The first kappa shape index (κ1) is 16.5. The molecule has 6 nitrogen and oxygen atoms in total. The summed E-state index contributed by atoms with van der Waals surface area (Å²) < 4.78 is 15.0. The van der Waals surface area contributed by atoms with Gasteiger partial charge in [-0.25, -0.2) is 13.9 Å². The zero-order valence-electron chi connectivity index (χ0n) is 12.7. The lowest BCUT2D eigenvalue weighted by atomic mass is 9.92. The number of hydrogen-bond acceptors (Lipinski definition) is 4. The summed E-state index contributed by atoms with van der Waals surface area (Å²) >= 11 is 1.66. The molecule has 126 valence electrons. The number of aromatic nitrogens is 2. The molecule has 2 heterocycles. The van der Waals surface area contributed by atoms with Crippen LogP contribution in [0.15, 0.2) is 36.5 Å². The molecule has 0 bridgehead atoms. The number of nitrogens with one attached hydrogen (secondary N) is 1. The van der Waals surface area contributed by atoms with Gasteiger partial charge < -0.3 is 10.4 Å². The minimum absolute atomic E-state index is 0.0529. The molecule has 0 spiro atoms. The Morgan fingerprint density at radius 1 is 1.25 bits per heavy atom. The Balaban J connectivity index is 1.81. The number of halogens is 1. The van der Waals surface area contributed by atoms with Crippen LogP contribution in [0.5, 0.6) is 0 Å². The Hall–Kier alpha value is -2.35. The van der Waals surface area contributed by atoms with Gasteiger partial charge in [0.15, 0.2) is 5.69 Å². The summed E-state index contributed by atoms with van der Waals surface area (Å²) in [5, 5.41) is 16.2. The number of carboxylic acids is 1. The number of carboxylic acid groups (broad SMARTS) is 1. The average molecular weight is 349 g/mol. The van der Waals surface area contributed by atoms with E-state index in [1.807, 2.05) is 0 Å². The molecule has 2 aromatic rings. The minimum Gasteiger partial charge on any atom is -0.480 e. The van der Waals surface area contributed by atoms with Crippen LogP contribution in [-0.4, -0.2) is 43.8 Å². The van der Waals surface area contributed by atoms with Crippen LogP contribution in [0, 0.1) is 5.82 Å². The van der Waals surface area contributed by atoms with Gasteiger partial charge in [-0.2, -0.15) is 16.9 Å². The third-order valence-electron chi connectivity index (χ3n) is 4.03. The van der Waals surface area contributed by atoms with E-state index < -0.39 is 23.2 Å². The number of amides is 1. The Labute approximate surface area is 142 Å². The summed E-state index contributed by atoms with van der Waals surface area (Å²) in [4.78, 5) is 24.0. The van der Waals surface area contributed by atoms with Crippen molar-refractivity contribution in [2.75, 3.05) is 11.5 Å². The molecule has 1 aliphatic heterocycles. The van der Waals surface area contributed by atoms with Gasteiger partial charge in [-0.05, 0) is 42.5 Å². The van der Waals surface area contributed by atoms with Crippen molar-refractivity contribution in [2.45, 2.75) is 18.4 Å². The van der Waals surface area contributed by atoms with Gasteiger partial charge in [0.2, 0.25) is 0 Å². The summed E-state index contributed by atoms with van der Waals surface area (Å²) in [6, 6.07) is 7.51. The largest absolute Gasteiger partial charge is 0.480 e. The Morgan fingerprint density at radius 3 is 2.62 bits per heavy atom. The Kier molecular flexibility index (Phi) is 4.57. The van der Waals surface area contributed by atoms with Crippen molar-refractivity contribution in [3.8, 4) is 5.69 Å². The maximum absolute atomic E-state index is 13.8. The summed E-state index contributed by atoms with van der Waals surface area (Å²) in [6.07, 6.45) is 2.21. The number of benzene rings is 1. The van der Waals surface area contributed by atoms with E-state index in [0.717, 1.165) is 0 Å². The molecule has 24 heavy (non-hydrogen) atoms. The molecule has 8 heteroatoms. The van der Waals surface area contributed by atoms with Gasteiger partial charge in [0.1, 0.15) is 17.0 Å². The van der Waals surface area contributed by atoms with Gasteiger partial charge in [0, 0.05) is 6.20 Å². The highest BCUT2D eigenvalue weighted by molar-refractivity contribution is 7.99. The van der Waals surface area contributed by atoms with E-state index in [4.69, 9.17) is 0 Å². The van der Waals surface area contributed by atoms with Crippen molar-refractivity contribution >= 4 is 23.6 Å². The fourth-order valence-electron chi connectivity index (χ4n) is 2.61. The summed E-state index contributed by atoms with van der Waals surface area (Å²) in [5.41, 5.74) is -0.986. The standard InChI is InChI=1S/C16H16FN3O3S/c17-11-3-1-2-4-13(11)20-8-5-12(19-20)14(21)18-16(15(22)23)6-9-24-10-7-16/h1-5,8H,6-7,9-10H2,(H,18,21)(H,22,23). The third-order valence-corrected chi connectivity index (χ3v) is 5.02. The fourth-order valence-corrected chi connectivity index (χ4v) is 3.80. The van der Waals surface area contributed by atoms with E-state index in [0.29, 0.717) is 24.3 Å².